The molecule has 1 aromatic rings. The predicted molar refractivity (Wildman–Crippen MR) is 110 cm³/mol. The first-order valence-corrected chi connectivity index (χ1v) is 11.0. The van der Waals surface area contributed by atoms with Crippen molar-refractivity contribution in [3.63, 3.8) is 0 Å². The maximum Gasteiger partial charge on any atom is 0.256 e. The van der Waals surface area contributed by atoms with Crippen molar-refractivity contribution in [1.29, 1.82) is 0 Å². The second-order valence-electron chi connectivity index (χ2n) is 9.64. The summed E-state index contributed by atoms with van der Waals surface area (Å²) in [4.78, 5) is 32.6. The average molecular weight is 398 g/mol. The number of nitrogens with zero attached hydrogens (tertiary/aromatic N) is 2. The largest absolute Gasteiger partial charge is 0.355 e. The van der Waals surface area contributed by atoms with Crippen molar-refractivity contribution < 1.29 is 9.59 Å². The Kier molecular flexibility index (Phi) is 4.53. The highest BCUT2D eigenvalue weighted by Gasteiger charge is 2.60. The van der Waals surface area contributed by atoms with Crippen LogP contribution in [0.25, 0.3) is 0 Å². The van der Waals surface area contributed by atoms with Crippen molar-refractivity contribution in [2.45, 2.75) is 51.1 Å². The number of amides is 2. The summed E-state index contributed by atoms with van der Waals surface area (Å²) < 4.78 is 0. The number of pyridine rings is 1. The van der Waals surface area contributed by atoms with E-state index in [4.69, 9.17) is 0 Å². The molecule has 2 aliphatic heterocycles. The maximum absolute atomic E-state index is 13.1. The van der Waals surface area contributed by atoms with Crippen LogP contribution in [-0.4, -0.2) is 53.5 Å². The fourth-order valence-electron chi connectivity index (χ4n) is 6.19. The lowest BCUT2D eigenvalue weighted by molar-refractivity contribution is -0.139. The van der Waals surface area contributed by atoms with Gasteiger partial charge < -0.3 is 20.9 Å². The summed E-state index contributed by atoms with van der Waals surface area (Å²) in [5.41, 5.74) is -0.0162. The third-order valence-electron chi connectivity index (χ3n) is 7.78. The van der Waals surface area contributed by atoms with E-state index in [2.05, 4.69) is 32.8 Å². The van der Waals surface area contributed by atoms with E-state index in [-0.39, 0.29) is 29.1 Å². The van der Waals surface area contributed by atoms with Crippen LogP contribution in [0.5, 0.6) is 0 Å². The van der Waals surface area contributed by atoms with Gasteiger partial charge in [0.1, 0.15) is 11.5 Å². The quantitative estimate of drug-likeness (QED) is 0.723. The number of aromatic nitrogens is 1. The van der Waals surface area contributed by atoms with Gasteiger partial charge in [-0.25, -0.2) is 4.98 Å². The minimum atomic E-state index is -0.488. The van der Waals surface area contributed by atoms with Crippen molar-refractivity contribution in [1.82, 2.24) is 20.5 Å². The van der Waals surface area contributed by atoms with Gasteiger partial charge in [0.2, 0.25) is 5.91 Å². The number of likely N-dealkylation sites (tertiary alicyclic amines) is 1. The molecule has 7 heteroatoms. The highest BCUT2D eigenvalue weighted by Crippen LogP contribution is 2.58. The fraction of sp³-hybridized carbons (Fsp3) is 0.682. The van der Waals surface area contributed by atoms with Crippen LogP contribution in [0.4, 0.5) is 5.82 Å². The molecule has 3 N–H and O–H groups in total. The number of fused-ring (bicyclic) bond motifs is 3. The molecule has 1 spiro atoms. The van der Waals surface area contributed by atoms with Crippen molar-refractivity contribution in [3.8, 4) is 0 Å². The van der Waals surface area contributed by atoms with Gasteiger partial charge >= 0.3 is 0 Å². The molecule has 0 aromatic carbocycles. The number of nitrogens with one attached hydrogen (secondary N) is 3. The number of carbonyl (C=O) groups is 2. The van der Waals surface area contributed by atoms with E-state index in [1.165, 1.54) is 12.8 Å². The predicted octanol–water partition coefficient (Wildman–Crippen LogP) is 1.97. The lowest BCUT2D eigenvalue weighted by atomic mass is 9.51. The Morgan fingerprint density at radius 2 is 2.17 bits per heavy atom. The molecular weight excluding hydrogens is 366 g/mol. The van der Waals surface area contributed by atoms with Crippen LogP contribution in [0.15, 0.2) is 18.3 Å². The van der Waals surface area contributed by atoms with Gasteiger partial charge in [0.15, 0.2) is 0 Å². The van der Waals surface area contributed by atoms with E-state index in [1.54, 1.807) is 18.3 Å². The van der Waals surface area contributed by atoms with Gasteiger partial charge in [0, 0.05) is 31.1 Å². The van der Waals surface area contributed by atoms with Gasteiger partial charge in [0.05, 0.1) is 5.56 Å². The number of carbonyl (C=O) groups excluding carboxylic acids is 2. The smallest absolute Gasteiger partial charge is 0.256 e. The summed E-state index contributed by atoms with van der Waals surface area (Å²) in [7, 11) is 0. The average Bonchev–Trinajstić information content (AvgIpc) is 3.21. The Hall–Kier alpha value is -2.15. The van der Waals surface area contributed by atoms with Crippen LogP contribution in [0.1, 0.15) is 55.8 Å². The minimum Gasteiger partial charge on any atom is -0.355 e. The molecule has 3 saturated carbocycles. The van der Waals surface area contributed by atoms with Crippen molar-refractivity contribution >= 4 is 17.6 Å². The van der Waals surface area contributed by atoms with Crippen molar-refractivity contribution in [2.24, 2.45) is 17.3 Å². The molecule has 7 nitrogen and oxygen atoms in total. The molecule has 29 heavy (non-hydrogen) atoms. The standard InChI is InChI=1S/C22H31N5O2/c1-21-7-6-15(13-17(21)20(29)24-9-12-27-10-2-3-11-27)22(14-21)25-18-16(19(28)26-22)5-4-8-23-18/h4-5,8,15,17H,2-3,6-7,9-14H2,1H3,(H,23,25)(H,24,29)(H,26,28)/t15-,17-,21+,22+/m1/s1. The normalized spacial score (nSPS) is 35.8. The fourth-order valence-corrected chi connectivity index (χ4v) is 6.19. The molecule has 1 aromatic heterocycles. The van der Waals surface area contributed by atoms with Crippen LogP contribution in [-0.2, 0) is 4.79 Å². The summed E-state index contributed by atoms with van der Waals surface area (Å²) in [6, 6.07) is 3.59. The van der Waals surface area contributed by atoms with E-state index in [1.807, 2.05) is 0 Å². The maximum atomic E-state index is 13.1. The monoisotopic (exact) mass is 397 g/mol. The third-order valence-corrected chi connectivity index (χ3v) is 7.78. The molecular formula is C22H31N5O2. The Balaban J connectivity index is 1.28. The Morgan fingerprint density at radius 1 is 1.34 bits per heavy atom. The molecule has 3 aliphatic carbocycles. The topological polar surface area (TPSA) is 86.4 Å². The van der Waals surface area contributed by atoms with Gasteiger partial charge in [-0.2, -0.15) is 0 Å². The molecule has 4 atom stereocenters. The van der Waals surface area contributed by atoms with Crippen LogP contribution in [0.3, 0.4) is 0 Å². The molecule has 2 amide bonds. The second-order valence-corrected chi connectivity index (χ2v) is 9.64. The van der Waals surface area contributed by atoms with Crippen molar-refractivity contribution in [3.05, 3.63) is 23.9 Å². The minimum absolute atomic E-state index is 0.00860. The molecule has 6 rings (SSSR count). The number of hydrogen-bond acceptors (Lipinski definition) is 5. The third kappa shape index (κ3) is 3.19. The Bertz CT molecular complexity index is 823. The van der Waals surface area contributed by atoms with E-state index in [0.29, 0.717) is 11.4 Å². The molecule has 1 saturated heterocycles. The lowest BCUT2D eigenvalue weighted by Crippen LogP contribution is -2.70. The highest BCUT2D eigenvalue weighted by atomic mass is 16.2. The molecule has 4 fully saturated rings. The molecule has 0 unspecified atom stereocenters. The van der Waals surface area contributed by atoms with Crippen LogP contribution < -0.4 is 16.0 Å². The van der Waals surface area contributed by atoms with Gasteiger partial charge in [-0.05, 0) is 69.2 Å². The number of hydrogen-bond donors (Lipinski definition) is 3. The second kappa shape index (κ2) is 6.97. The van der Waals surface area contributed by atoms with Crippen LogP contribution in [0, 0.1) is 17.3 Å². The van der Waals surface area contributed by atoms with Crippen LogP contribution >= 0.6 is 0 Å². The first-order chi connectivity index (χ1) is 14.0. The summed E-state index contributed by atoms with van der Waals surface area (Å²) in [5, 5.41) is 10.0. The van der Waals surface area contributed by atoms with E-state index in [0.717, 1.165) is 51.9 Å². The van der Waals surface area contributed by atoms with Gasteiger partial charge in [-0.3, -0.25) is 9.59 Å². The summed E-state index contributed by atoms with van der Waals surface area (Å²) in [5.74, 6) is 1.03. The Morgan fingerprint density at radius 3 is 2.97 bits per heavy atom. The first kappa shape index (κ1) is 18.9. The van der Waals surface area contributed by atoms with Gasteiger partial charge in [-0.15, -0.1) is 0 Å². The lowest BCUT2D eigenvalue weighted by Gasteiger charge is -2.60. The van der Waals surface area contributed by atoms with E-state index < -0.39 is 5.66 Å². The van der Waals surface area contributed by atoms with E-state index >= 15 is 0 Å². The zero-order valence-corrected chi connectivity index (χ0v) is 17.2. The van der Waals surface area contributed by atoms with Gasteiger partial charge in [0.25, 0.3) is 5.91 Å². The molecule has 3 heterocycles. The van der Waals surface area contributed by atoms with Gasteiger partial charge in [-0.1, -0.05) is 6.92 Å². The molecule has 5 aliphatic rings. The summed E-state index contributed by atoms with van der Waals surface area (Å²) >= 11 is 0. The molecule has 0 radical (unpaired) electrons. The number of rotatable bonds is 4. The zero-order valence-electron chi connectivity index (χ0n) is 17.2. The van der Waals surface area contributed by atoms with Crippen LogP contribution in [0.2, 0.25) is 0 Å². The van der Waals surface area contributed by atoms with Crippen molar-refractivity contribution in [2.75, 3.05) is 31.5 Å². The zero-order chi connectivity index (χ0) is 20.1. The summed E-state index contributed by atoms with van der Waals surface area (Å²) in [6.07, 6.45) is 7.87. The van der Waals surface area contributed by atoms with E-state index in [9.17, 15) is 9.59 Å². The SMILES string of the molecule is C[C@@]12CC[C@H](C[C@@H]1C(=O)NCCN1CCCC1)[C@]1(C2)NC(=O)c2cccnc2N1. The highest BCUT2D eigenvalue weighted by molar-refractivity contribution is 6.01. The first-order valence-electron chi connectivity index (χ1n) is 11.0. The Labute approximate surface area is 172 Å². The number of anilines is 1. The molecule has 2 bridgehead atoms. The summed E-state index contributed by atoms with van der Waals surface area (Å²) in [6.45, 7) is 6.21. The molecule has 156 valence electrons.